The Morgan fingerprint density at radius 2 is 1.97 bits per heavy atom. The number of rotatable bonds is 7. The molecule has 1 aliphatic rings. The lowest BCUT2D eigenvalue weighted by Gasteiger charge is -2.17. The summed E-state index contributed by atoms with van der Waals surface area (Å²) in [6.45, 7) is 5.93. The molecule has 0 saturated carbocycles. The smallest absolute Gasteiger partial charge is 0.254 e. The van der Waals surface area contributed by atoms with Crippen molar-refractivity contribution in [1.82, 2.24) is 14.9 Å². The number of ether oxygens (including phenoxy) is 1. The van der Waals surface area contributed by atoms with Crippen LogP contribution in [0.1, 0.15) is 38.4 Å². The first-order valence-electron chi connectivity index (χ1n) is 9.99. The van der Waals surface area contributed by atoms with Crippen molar-refractivity contribution in [1.29, 1.82) is 0 Å². The zero-order valence-electron chi connectivity index (χ0n) is 17.3. The van der Waals surface area contributed by atoms with Crippen LogP contribution in [-0.4, -0.2) is 53.6 Å². The molecule has 1 aromatic heterocycles. The lowest BCUT2D eigenvalue weighted by Crippen LogP contribution is -2.32. The standard InChI is InChI=1S/C21H26FN3O4S/c1-4-18-20(22)21(24-13-23-18)29-16-9-10-25(12-16)19(26)11-15-5-7-17(8-6-15)30(27,28)14(2)3/h5-8,13-14,16H,4,9-12H2,1-3H3/t16-/m1/s1. The van der Waals surface area contributed by atoms with Gasteiger partial charge in [0, 0.05) is 13.0 Å². The molecule has 1 aliphatic heterocycles. The molecule has 7 nitrogen and oxygen atoms in total. The Bertz CT molecular complexity index is 1010. The molecule has 2 heterocycles. The van der Waals surface area contributed by atoms with Gasteiger partial charge < -0.3 is 9.64 Å². The van der Waals surface area contributed by atoms with Crippen LogP contribution in [-0.2, 0) is 27.5 Å². The van der Waals surface area contributed by atoms with E-state index in [0.717, 1.165) is 5.56 Å². The van der Waals surface area contributed by atoms with E-state index in [9.17, 15) is 17.6 Å². The highest BCUT2D eigenvalue weighted by Crippen LogP contribution is 2.22. The number of benzene rings is 1. The summed E-state index contributed by atoms with van der Waals surface area (Å²) >= 11 is 0. The topological polar surface area (TPSA) is 89.5 Å². The van der Waals surface area contributed by atoms with Gasteiger partial charge in [-0.15, -0.1) is 0 Å². The number of carbonyl (C=O) groups excluding carboxylic acids is 1. The van der Waals surface area contributed by atoms with Gasteiger partial charge in [0.15, 0.2) is 9.84 Å². The fourth-order valence-corrected chi connectivity index (χ4v) is 4.34. The van der Waals surface area contributed by atoms with E-state index in [4.69, 9.17) is 4.74 Å². The molecule has 3 rings (SSSR count). The third-order valence-electron chi connectivity index (χ3n) is 5.17. The molecule has 0 aliphatic carbocycles. The summed E-state index contributed by atoms with van der Waals surface area (Å²) in [6.07, 6.45) is 2.13. The van der Waals surface area contributed by atoms with Gasteiger partial charge in [0.05, 0.1) is 28.8 Å². The van der Waals surface area contributed by atoms with Crippen molar-refractivity contribution in [3.8, 4) is 5.88 Å². The van der Waals surface area contributed by atoms with E-state index in [2.05, 4.69) is 9.97 Å². The molecule has 2 aromatic rings. The van der Waals surface area contributed by atoms with Crippen LogP contribution in [0.25, 0.3) is 0 Å². The molecule has 1 amide bonds. The SMILES string of the molecule is CCc1ncnc(O[C@@H]2CCN(C(=O)Cc3ccc(S(=O)(=O)C(C)C)cc3)C2)c1F. The van der Waals surface area contributed by atoms with E-state index in [1.165, 1.54) is 18.5 Å². The molecule has 0 bridgehead atoms. The minimum atomic E-state index is -3.34. The monoisotopic (exact) mass is 435 g/mol. The number of amides is 1. The third-order valence-corrected chi connectivity index (χ3v) is 7.34. The van der Waals surface area contributed by atoms with E-state index < -0.39 is 20.9 Å². The van der Waals surface area contributed by atoms with Gasteiger partial charge >= 0.3 is 0 Å². The second-order valence-electron chi connectivity index (χ2n) is 7.58. The van der Waals surface area contributed by atoms with E-state index >= 15 is 0 Å². The Balaban J connectivity index is 1.59. The number of hydrogen-bond acceptors (Lipinski definition) is 6. The molecular weight excluding hydrogens is 409 g/mol. The molecule has 162 valence electrons. The van der Waals surface area contributed by atoms with Gasteiger partial charge in [0.25, 0.3) is 5.88 Å². The Labute approximate surface area is 176 Å². The van der Waals surface area contributed by atoms with Crippen molar-refractivity contribution < 1.29 is 22.3 Å². The Kier molecular flexibility index (Phi) is 6.70. The first kappa shape index (κ1) is 22.1. The number of hydrogen-bond donors (Lipinski definition) is 0. The molecule has 9 heteroatoms. The normalized spacial score (nSPS) is 16.8. The summed E-state index contributed by atoms with van der Waals surface area (Å²) in [5.74, 6) is -0.720. The molecule has 0 spiro atoms. The Morgan fingerprint density at radius 3 is 2.60 bits per heavy atom. The molecule has 0 N–H and O–H groups in total. The van der Waals surface area contributed by atoms with Crippen LogP contribution >= 0.6 is 0 Å². The zero-order valence-corrected chi connectivity index (χ0v) is 18.2. The van der Waals surface area contributed by atoms with E-state index in [1.54, 1.807) is 37.8 Å². The van der Waals surface area contributed by atoms with Gasteiger partial charge in [0.2, 0.25) is 11.7 Å². The summed E-state index contributed by atoms with van der Waals surface area (Å²) in [5.41, 5.74) is 1.04. The molecule has 1 atom stereocenters. The highest BCUT2D eigenvalue weighted by molar-refractivity contribution is 7.92. The van der Waals surface area contributed by atoms with Crippen LogP contribution in [0.4, 0.5) is 4.39 Å². The molecule has 0 radical (unpaired) electrons. The van der Waals surface area contributed by atoms with Crippen LogP contribution in [0.5, 0.6) is 5.88 Å². The van der Waals surface area contributed by atoms with Crippen LogP contribution in [0.3, 0.4) is 0 Å². The third kappa shape index (κ3) is 4.77. The summed E-state index contributed by atoms with van der Waals surface area (Å²) < 4.78 is 44.3. The van der Waals surface area contributed by atoms with Gasteiger partial charge in [-0.05, 0) is 38.0 Å². The summed E-state index contributed by atoms with van der Waals surface area (Å²) in [6, 6.07) is 6.41. The largest absolute Gasteiger partial charge is 0.470 e. The highest BCUT2D eigenvalue weighted by Gasteiger charge is 2.29. The first-order chi connectivity index (χ1) is 14.2. The van der Waals surface area contributed by atoms with Crippen molar-refractivity contribution in [3.63, 3.8) is 0 Å². The molecule has 1 aromatic carbocycles. The van der Waals surface area contributed by atoms with Crippen LogP contribution < -0.4 is 4.74 Å². The van der Waals surface area contributed by atoms with Crippen molar-refractivity contribution in [3.05, 3.63) is 47.7 Å². The summed E-state index contributed by atoms with van der Waals surface area (Å²) in [5, 5.41) is -0.500. The zero-order chi connectivity index (χ0) is 21.9. The summed E-state index contributed by atoms with van der Waals surface area (Å²) in [7, 11) is -3.34. The van der Waals surface area contributed by atoms with Crippen molar-refractivity contribution in [2.24, 2.45) is 0 Å². The van der Waals surface area contributed by atoms with Gasteiger partial charge in [-0.25, -0.2) is 13.4 Å². The first-order valence-corrected chi connectivity index (χ1v) is 11.5. The lowest BCUT2D eigenvalue weighted by molar-refractivity contribution is -0.129. The van der Waals surface area contributed by atoms with Gasteiger partial charge in [-0.3, -0.25) is 4.79 Å². The number of aryl methyl sites for hydroxylation is 1. The van der Waals surface area contributed by atoms with Crippen LogP contribution in [0.2, 0.25) is 0 Å². The quantitative estimate of drug-likeness (QED) is 0.664. The summed E-state index contributed by atoms with van der Waals surface area (Å²) in [4.78, 5) is 22.3. The number of nitrogens with zero attached hydrogens (tertiary/aromatic N) is 3. The fraction of sp³-hybridized carbons (Fsp3) is 0.476. The van der Waals surface area contributed by atoms with Gasteiger partial charge in [-0.1, -0.05) is 19.1 Å². The van der Waals surface area contributed by atoms with Gasteiger partial charge in [0.1, 0.15) is 12.4 Å². The lowest BCUT2D eigenvalue weighted by atomic mass is 10.1. The number of halogens is 1. The minimum Gasteiger partial charge on any atom is -0.470 e. The molecule has 1 saturated heterocycles. The predicted octanol–water partition coefficient (Wildman–Crippen LogP) is 2.58. The maximum Gasteiger partial charge on any atom is 0.254 e. The fourth-order valence-electron chi connectivity index (χ4n) is 3.28. The minimum absolute atomic E-state index is 0.0805. The molecule has 30 heavy (non-hydrogen) atoms. The average molecular weight is 436 g/mol. The molecular formula is C21H26FN3O4S. The number of carbonyl (C=O) groups is 1. The maximum atomic E-state index is 14.3. The van der Waals surface area contributed by atoms with Crippen molar-refractivity contribution in [2.45, 2.75) is 56.3 Å². The second kappa shape index (κ2) is 9.07. The maximum absolute atomic E-state index is 14.3. The Hall–Kier alpha value is -2.55. The van der Waals surface area contributed by atoms with Crippen LogP contribution in [0.15, 0.2) is 35.5 Å². The van der Waals surface area contributed by atoms with Crippen LogP contribution in [0, 0.1) is 5.82 Å². The number of likely N-dealkylation sites (tertiary alicyclic amines) is 1. The molecule has 0 unspecified atom stereocenters. The second-order valence-corrected chi connectivity index (χ2v) is 10.1. The van der Waals surface area contributed by atoms with Crippen molar-refractivity contribution >= 4 is 15.7 Å². The predicted molar refractivity (Wildman–Crippen MR) is 109 cm³/mol. The Morgan fingerprint density at radius 1 is 1.27 bits per heavy atom. The van der Waals surface area contributed by atoms with E-state index in [0.29, 0.717) is 31.6 Å². The highest BCUT2D eigenvalue weighted by atomic mass is 32.2. The van der Waals surface area contributed by atoms with E-state index in [1.807, 2.05) is 0 Å². The van der Waals surface area contributed by atoms with E-state index in [-0.39, 0.29) is 29.2 Å². The average Bonchev–Trinajstić information content (AvgIpc) is 3.18. The number of sulfone groups is 1. The molecule has 1 fully saturated rings. The van der Waals surface area contributed by atoms with Crippen molar-refractivity contribution in [2.75, 3.05) is 13.1 Å². The number of aromatic nitrogens is 2. The van der Waals surface area contributed by atoms with Gasteiger partial charge in [-0.2, -0.15) is 9.37 Å².